The van der Waals surface area contributed by atoms with Gasteiger partial charge in [-0.3, -0.25) is 14.4 Å². The minimum Gasteiger partial charge on any atom is -0.508 e. The second-order valence-electron chi connectivity index (χ2n) is 16.4. The van der Waals surface area contributed by atoms with Crippen LogP contribution in [0.25, 0.3) is 27.8 Å². The molecule has 0 amide bonds. The van der Waals surface area contributed by atoms with E-state index >= 15 is 0 Å². The minimum atomic E-state index is -2.32. The third-order valence-electron chi connectivity index (χ3n) is 11.9. The number of aliphatic hydroxyl groups is 4. The largest absolute Gasteiger partial charge is 0.508 e. The highest BCUT2D eigenvalue weighted by molar-refractivity contribution is 5.95. The van der Waals surface area contributed by atoms with E-state index < -0.39 is 67.5 Å². The number of aliphatic carboxylic acids is 1. The summed E-state index contributed by atoms with van der Waals surface area (Å²) in [6.07, 6.45) is -3.16. The number of fused-ring (bicyclic) bond motifs is 2. The fourth-order valence-corrected chi connectivity index (χ4v) is 8.86. The Labute approximate surface area is 361 Å². The lowest BCUT2D eigenvalue weighted by Crippen LogP contribution is -3.08. The number of aryl methyl sites for hydroxylation is 2. The number of esters is 1. The number of nitrogens with zero attached hydrogens (tertiary/aromatic N) is 1. The van der Waals surface area contributed by atoms with E-state index in [-0.39, 0.29) is 52.5 Å². The van der Waals surface area contributed by atoms with Crippen molar-refractivity contribution in [2.75, 3.05) is 13.2 Å². The first-order valence-corrected chi connectivity index (χ1v) is 20.9. The predicted molar refractivity (Wildman–Crippen MR) is 225 cm³/mol. The fourth-order valence-electron chi connectivity index (χ4n) is 8.86. The van der Waals surface area contributed by atoms with Crippen LogP contribution in [0.4, 0.5) is 0 Å². The number of rotatable bonds is 15. The molecule has 63 heavy (non-hydrogen) atoms. The number of nitrogens with one attached hydrogen (secondary N) is 2. The summed E-state index contributed by atoms with van der Waals surface area (Å²) in [7, 11) is 0. The topological polar surface area (TPSA) is 251 Å². The molecule has 4 heterocycles. The van der Waals surface area contributed by atoms with E-state index in [1.807, 2.05) is 38.1 Å². The molecule has 4 aromatic rings. The Morgan fingerprint density at radius 2 is 1.71 bits per heavy atom. The van der Waals surface area contributed by atoms with Crippen LogP contribution in [0, 0.1) is 19.8 Å². The number of benzene rings is 3. The highest BCUT2D eigenvalue weighted by Crippen LogP contribution is 2.33. The van der Waals surface area contributed by atoms with E-state index in [1.165, 1.54) is 36.6 Å². The lowest BCUT2D eigenvalue weighted by Gasteiger charge is -2.42. The van der Waals surface area contributed by atoms with Gasteiger partial charge in [0.1, 0.15) is 47.8 Å². The summed E-state index contributed by atoms with van der Waals surface area (Å²) in [5, 5.41) is 68.2. The molecule has 2 fully saturated rings. The van der Waals surface area contributed by atoms with Crippen molar-refractivity contribution < 1.29 is 68.8 Å². The number of hydrogen-bond donors (Lipinski definition) is 8. The van der Waals surface area contributed by atoms with Gasteiger partial charge in [-0.1, -0.05) is 42.2 Å². The van der Waals surface area contributed by atoms with Gasteiger partial charge in [0.2, 0.25) is 18.7 Å². The number of quaternary nitrogens is 1. The van der Waals surface area contributed by atoms with Crippen LogP contribution in [0.2, 0.25) is 0 Å². The Bertz CT molecular complexity index is 2490. The van der Waals surface area contributed by atoms with Crippen molar-refractivity contribution in [3.63, 3.8) is 0 Å². The first-order valence-electron chi connectivity index (χ1n) is 20.9. The number of carbonyl (C=O) groups excluding carboxylic acids is 1. The van der Waals surface area contributed by atoms with Crippen molar-refractivity contribution in [1.82, 2.24) is 5.32 Å². The summed E-state index contributed by atoms with van der Waals surface area (Å²) in [5.74, 6) is -4.68. The lowest BCUT2D eigenvalue weighted by molar-refractivity contribution is -1.04. The molecular formula is C46H50N3O14+. The van der Waals surface area contributed by atoms with Crippen LogP contribution in [0.15, 0.2) is 98.5 Å². The number of carboxylic acids is 1. The maximum absolute atomic E-state index is 13.6. The molecule has 17 nitrogen and oxygen atoms in total. The summed E-state index contributed by atoms with van der Waals surface area (Å²) < 4.78 is 23.6. The van der Waals surface area contributed by atoms with Crippen LogP contribution >= 0.6 is 0 Å². The molecule has 1 saturated heterocycles. The van der Waals surface area contributed by atoms with Gasteiger partial charge in [0.25, 0.3) is 0 Å². The van der Waals surface area contributed by atoms with Gasteiger partial charge in [-0.05, 0) is 81.1 Å². The number of carboxylic acid groups (broad SMARTS) is 1. The normalized spacial score (nSPS) is 24.9. The Morgan fingerprint density at radius 1 is 0.984 bits per heavy atom. The maximum atomic E-state index is 13.6. The molecule has 8 N–H and O–H groups in total. The molecule has 3 aliphatic heterocycles. The van der Waals surface area contributed by atoms with Crippen molar-refractivity contribution in [3.05, 3.63) is 111 Å². The van der Waals surface area contributed by atoms with Gasteiger partial charge in [0.05, 0.1) is 10.9 Å². The highest BCUT2D eigenvalue weighted by atomic mass is 16.8. The predicted octanol–water partition coefficient (Wildman–Crippen LogP) is 2.03. The second kappa shape index (κ2) is 18.5. The van der Waals surface area contributed by atoms with E-state index in [2.05, 4.69) is 10.3 Å². The van der Waals surface area contributed by atoms with Crippen LogP contribution in [-0.4, -0.2) is 111 Å². The number of carbonyl (C=O) groups is 2. The zero-order chi connectivity index (χ0) is 44.5. The molecule has 0 bridgehead atoms. The summed E-state index contributed by atoms with van der Waals surface area (Å²) in [4.78, 5) is 50.8. The monoisotopic (exact) mass is 868 g/mol. The van der Waals surface area contributed by atoms with E-state index in [0.717, 1.165) is 47.9 Å². The number of allylic oxidation sites excluding steroid dienone is 1. The van der Waals surface area contributed by atoms with Crippen molar-refractivity contribution >= 4 is 34.8 Å². The van der Waals surface area contributed by atoms with Crippen LogP contribution in [0.5, 0.6) is 11.5 Å². The number of aliphatic imine (C=N–C) groups is 1. The summed E-state index contributed by atoms with van der Waals surface area (Å²) in [6, 6.07) is 15.2. The number of aromatic hydroxyl groups is 1. The van der Waals surface area contributed by atoms with E-state index in [9.17, 15) is 45.0 Å². The summed E-state index contributed by atoms with van der Waals surface area (Å²) in [6.45, 7) is 3.75. The van der Waals surface area contributed by atoms with Crippen LogP contribution in [0.1, 0.15) is 48.8 Å². The van der Waals surface area contributed by atoms with Crippen molar-refractivity contribution in [2.24, 2.45) is 10.9 Å². The minimum absolute atomic E-state index is 0.0318. The number of aliphatic hydroxyl groups excluding tert-OH is 4. The van der Waals surface area contributed by atoms with Gasteiger partial charge in [-0.25, -0.2) is 4.99 Å². The van der Waals surface area contributed by atoms with Crippen LogP contribution in [-0.2, 0) is 23.9 Å². The van der Waals surface area contributed by atoms with Gasteiger partial charge in [-0.2, -0.15) is 9.90 Å². The van der Waals surface area contributed by atoms with Gasteiger partial charge in [0.15, 0.2) is 23.1 Å². The molecule has 1 aromatic heterocycles. The number of phenols is 1. The highest BCUT2D eigenvalue weighted by Gasteiger charge is 2.54. The molecule has 1 saturated carbocycles. The quantitative estimate of drug-likeness (QED) is 0.0484. The Kier molecular flexibility index (Phi) is 12.9. The molecule has 332 valence electrons. The molecule has 9 unspecified atom stereocenters. The number of hydroxylamine groups is 2. The average molecular weight is 869 g/mol. The van der Waals surface area contributed by atoms with Crippen molar-refractivity contribution in [2.45, 2.75) is 95.0 Å². The van der Waals surface area contributed by atoms with Crippen LogP contribution in [0.3, 0.4) is 0 Å². The first-order chi connectivity index (χ1) is 30.3. The van der Waals surface area contributed by atoms with Crippen molar-refractivity contribution in [3.8, 4) is 22.6 Å². The second-order valence-corrected chi connectivity index (χ2v) is 16.4. The number of hydrogen-bond acceptors (Lipinski definition) is 15. The third kappa shape index (κ3) is 9.18. The molecule has 3 aromatic carbocycles. The van der Waals surface area contributed by atoms with Crippen LogP contribution < -0.4 is 20.5 Å². The zero-order valence-electron chi connectivity index (χ0n) is 34.5. The molecule has 0 spiro atoms. The van der Waals surface area contributed by atoms with Gasteiger partial charge >= 0.3 is 11.9 Å². The number of ether oxygens (including phenoxy) is 3. The zero-order valence-corrected chi connectivity index (χ0v) is 34.5. The molecular weight excluding hydrogens is 819 g/mol. The van der Waals surface area contributed by atoms with Gasteiger partial charge in [-0.15, -0.1) is 0 Å². The molecule has 4 aliphatic rings. The lowest BCUT2D eigenvalue weighted by atomic mass is 9.95. The Balaban J connectivity index is 1.10. The third-order valence-corrected chi connectivity index (χ3v) is 11.9. The first kappa shape index (κ1) is 43.9. The molecule has 17 heteroatoms. The van der Waals surface area contributed by atoms with Gasteiger partial charge < -0.3 is 54.6 Å². The molecule has 8 rings (SSSR count). The van der Waals surface area contributed by atoms with Gasteiger partial charge in [0, 0.05) is 42.1 Å². The van der Waals surface area contributed by atoms with Crippen molar-refractivity contribution in [1.29, 1.82) is 0 Å². The molecule has 0 radical (unpaired) electrons. The summed E-state index contributed by atoms with van der Waals surface area (Å²) in [5.41, 5.74) is 5.48. The standard InChI is InChI=1S/C46H49N3O14/c1-23-17-24(2)19-27(18-23)37-36-26(13-15-47-36)21-49(37)63-42-40(54)39(53)41(45(58)62-44(57)35(43(55)56)33(14-16-50)48-28-5-3-4-6-28)61-46(42)60-30-11-12-31-34(20-30)59-22-32(38(31)52)25-7-9-29(51)10-8-25/h7-13,15,17-20,22,28,33,35,39-42,45-46,48,50-51,53-54,58H,3-6,14,16,21H2,1-2H3,(H,55,56)/p+1. The fraction of sp³-hybridized carbons (Fsp3) is 0.391. The summed E-state index contributed by atoms with van der Waals surface area (Å²) >= 11 is 0. The van der Waals surface area contributed by atoms with E-state index in [4.69, 9.17) is 23.5 Å². The van der Waals surface area contributed by atoms with E-state index in [1.54, 1.807) is 18.3 Å². The Morgan fingerprint density at radius 3 is 2.41 bits per heavy atom. The molecule has 9 atom stereocenters. The average Bonchev–Trinajstić information content (AvgIpc) is 4.00. The number of phenolic OH excluding ortho intramolecular Hbond substituents is 1. The maximum Gasteiger partial charge on any atom is 0.324 e. The Hall–Kier alpha value is -5.76. The smallest absolute Gasteiger partial charge is 0.324 e. The van der Waals surface area contributed by atoms with E-state index in [0.29, 0.717) is 22.0 Å². The molecule has 1 aliphatic carbocycles. The SMILES string of the molecule is Cc1cc(C)cc(C2=C3N=CC=C3C[NH+]2OC2C(Oc3ccc4c(=O)c(-c5ccc(O)cc5)coc4c3)OC(C(O)OC(=O)C(C(=O)O)C(CCO)NC3CCCC3)C(O)C2O)c1.